The number of nitrogens with zero attached hydrogens (tertiary/aromatic N) is 1. The van der Waals surface area contributed by atoms with Crippen molar-refractivity contribution in [2.75, 3.05) is 0 Å². The number of hydrogen-bond donors (Lipinski definition) is 0. The van der Waals surface area contributed by atoms with Gasteiger partial charge < -0.3 is 8.83 Å². The van der Waals surface area contributed by atoms with Crippen molar-refractivity contribution in [3.8, 4) is 100 Å². The second-order valence-electron chi connectivity index (χ2n) is 24.6. The van der Waals surface area contributed by atoms with E-state index in [-0.39, 0.29) is 0 Å². The van der Waals surface area contributed by atoms with E-state index in [1.165, 1.54) is 115 Å². The lowest BCUT2D eigenvalue weighted by Crippen LogP contribution is -1.92. The molecule has 3 heteroatoms. The SMILES string of the molecule is c1ccc(-c2c3ccccc3c(-c3ccc(-c4ccc5oc6ccccc6c5c4-c4ccccn4)cc3)c3ccccc23)cc1.c1ccc(-c2ccccc2-c2ccc3oc4ccccc4c3c2-c2cccc(-c3c4ccccc4c(-c4ccccc4)c4ccccc34)c2)cc1. The first-order chi connectivity index (χ1) is 47.7. The fourth-order valence-corrected chi connectivity index (χ4v) is 15.1. The number of rotatable bonds is 9. The van der Waals surface area contributed by atoms with Crippen molar-refractivity contribution in [2.24, 2.45) is 0 Å². The van der Waals surface area contributed by atoms with E-state index in [2.05, 4.69) is 322 Å². The van der Waals surface area contributed by atoms with Crippen LogP contribution in [-0.4, -0.2) is 4.98 Å². The number of furan rings is 2. The fourth-order valence-electron chi connectivity index (χ4n) is 15.1. The number of para-hydroxylation sites is 2. The molecular weight excluding hydrogens is 1160 g/mol. The quantitative estimate of drug-likeness (QED) is 0.135. The third-order valence-electron chi connectivity index (χ3n) is 19.2. The third-order valence-corrected chi connectivity index (χ3v) is 19.2. The van der Waals surface area contributed by atoms with Gasteiger partial charge >= 0.3 is 0 Å². The van der Waals surface area contributed by atoms with Gasteiger partial charge in [-0.3, -0.25) is 4.98 Å². The van der Waals surface area contributed by atoms with Crippen LogP contribution in [0.2, 0.25) is 0 Å². The number of aromatic nitrogens is 1. The molecule has 19 aromatic rings. The van der Waals surface area contributed by atoms with Crippen LogP contribution in [0.25, 0.3) is 187 Å². The van der Waals surface area contributed by atoms with Gasteiger partial charge in [0.2, 0.25) is 0 Å². The van der Waals surface area contributed by atoms with Crippen molar-refractivity contribution < 1.29 is 8.83 Å². The standard InChI is InChI=1S/C50H32O.C43H27NO/c1-3-16-33(17-4-1)37-22-7-8-23-38(37)43-30-31-46-50(44-28-13-14-29-45(44)51-46)49(43)36-21-15-20-35(32-36)48-41-26-11-9-24-39(41)47(34-18-5-2-6-19-34)40-25-10-12-27-42(40)48;1-2-12-29(13-3-1)40-32-14-4-6-16-34(32)41(35-17-7-5-15-33(35)40)30-23-21-28(22-24-30)31-25-26-39-43(36-18-8-9-20-38(36)45-39)42(31)37-19-10-11-27-44-37/h1-32H;1-27H. The largest absolute Gasteiger partial charge is 0.456 e. The molecule has 3 heterocycles. The molecule has 0 aliphatic heterocycles. The van der Waals surface area contributed by atoms with Crippen LogP contribution in [0.4, 0.5) is 0 Å². The van der Waals surface area contributed by atoms with Crippen molar-refractivity contribution in [3.05, 3.63) is 358 Å². The molecular formula is C93H59NO2. The number of benzene rings is 16. The minimum atomic E-state index is 0.869. The lowest BCUT2D eigenvalue weighted by Gasteiger charge is -2.19. The Kier molecular flexibility index (Phi) is 13.9. The maximum atomic E-state index is 6.51. The van der Waals surface area contributed by atoms with Crippen LogP contribution < -0.4 is 0 Å². The molecule has 16 aromatic carbocycles. The Balaban J connectivity index is 0.000000141. The van der Waals surface area contributed by atoms with Crippen LogP contribution in [0.15, 0.2) is 367 Å². The minimum Gasteiger partial charge on any atom is -0.456 e. The summed E-state index contributed by atoms with van der Waals surface area (Å²) in [5.41, 5.74) is 24.8. The van der Waals surface area contributed by atoms with Gasteiger partial charge in [-0.05, 0) is 181 Å². The summed E-state index contributed by atoms with van der Waals surface area (Å²) >= 11 is 0. The Bertz CT molecular complexity index is 6050. The van der Waals surface area contributed by atoms with Gasteiger partial charge in [0.25, 0.3) is 0 Å². The van der Waals surface area contributed by atoms with Crippen molar-refractivity contribution in [1.82, 2.24) is 4.98 Å². The second-order valence-corrected chi connectivity index (χ2v) is 24.6. The van der Waals surface area contributed by atoms with E-state index in [0.29, 0.717) is 0 Å². The first-order valence-corrected chi connectivity index (χ1v) is 32.8. The monoisotopic (exact) mass is 1220 g/mol. The Hall–Kier alpha value is -12.7. The van der Waals surface area contributed by atoms with Gasteiger partial charge in [-0.15, -0.1) is 0 Å². The van der Waals surface area contributed by atoms with Crippen molar-refractivity contribution in [3.63, 3.8) is 0 Å². The van der Waals surface area contributed by atoms with Gasteiger partial charge in [0.1, 0.15) is 22.3 Å². The average Bonchev–Trinajstić information content (AvgIpc) is 1.01. The number of fused-ring (bicyclic) bond motifs is 10. The topological polar surface area (TPSA) is 39.2 Å². The summed E-state index contributed by atoms with van der Waals surface area (Å²) in [6.45, 7) is 0. The normalized spacial score (nSPS) is 11.5. The maximum Gasteiger partial charge on any atom is 0.136 e. The van der Waals surface area contributed by atoms with Crippen LogP contribution in [0.5, 0.6) is 0 Å². The van der Waals surface area contributed by atoms with Crippen LogP contribution in [-0.2, 0) is 0 Å². The van der Waals surface area contributed by atoms with Gasteiger partial charge in [-0.1, -0.05) is 297 Å². The molecule has 96 heavy (non-hydrogen) atoms. The molecule has 0 N–H and O–H groups in total. The van der Waals surface area contributed by atoms with Crippen LogP contribution in [0.3, 0.4) is 0 Å². The molecule has 3 aromatic heterocycles. The highest BCUT2D eigenvalue weighted by Gasteiger charge is 2.24. The summed E-state index contributed by atoms with van der Waals surface area (Å²) in [6.07, 6.45) is 1.86. The molecule has 0 unspecified atom stereocenters. The van der Waals surface area contributed by atoms with Gasteiger partial charge in [0.15, 0.2) is 0 Å². The van der Waals surface area contributed by atoms with E-state index in [0.717, 1.165) is 71.8 Å². The fraction of sp³-hybridized carbons (Fsp3) is 0. The predicted molar refractivity (Wildman–Crippen MR) is 404 cm³/mol. The summed E-state index contributed by atoms with van der Waals surface area (Å²) in [5.74, 6) is 0. The molecule has 0 radical (unpaired) electrons. The molecule has 448 valence electrons. The highest BCUT2D eigenvalue weighted by molar-refractivity contribution is 6.24. The van der Waals surface area contributed by atoms with E-state index in [4.69, 9.17) is 13.8 Å². The first kappa shape index (κ1) is 56.1. The predicted octanol–water partition coefficient (Wildman–Crippen LogP) is 26.2. The summed E-state index contributed by atoms with van der Waals surface area (Å²) in [4.78, 5) is 4.80. The van der Waals surface area contributed by atoms with E-state index in [1.54, 1.807) is 0 Å². The summed E-state index contributed by atoms with van der Waals surface area (Å²) in [6, 6.07) is 126. The van der Waals surface area contributed by atoms with Crippen molar-refractivity contribution >= 4 is 87.0 Å². The molecule has 0 bridgehead atoms. The van der Waals surface area contributed by atoms with Crippen LogP contribution in [0.1, 0.15) is 0 Å². The Morgan fingerprint density at radius 2 is 0.510 bits per heavy atom. The van der Waals surface area contributed by atoms with Gasteiger partial charge in [0, 0.05) is 38.9 Å². The first-order valence-electron chi connectivity index (χ1n) is 32.8. The number of pyridine rings is 1. The summed E-state index contributed by atoms with van der Waals surface area (Å²) in [7, 11) is 0. The molecule has 0 aliphatic rings. The summed E-state index contributed by atoms with van der Waals surface area (Å²) in [5, 5.41) is 14.5. The lowest BCUT2D eigenvalue weighted by atomic mass is 9.84. The van der Waals surface area contributed by atoms with Crippen molar-refractivity contribution in [2.45, 2.75) is 0 Å². The smallest absolute Gasteiger partial charge is 0.136 e. The lowest BCUT2D eigenvalue weighted by molar-refractivity contribution is 0.668. The zero-order valence-corrected chi connectivity index (χ0v) is 52.3. The minimum absolute atomic E-state index is 0.869. The molecule has 0 amide bonds. The van der Waals surface area contributed by atoms with Gasteiger partial charge in [0.05, 0.1) is 5.69 Å². The van der Waals surface area contributed by atoms with E-state index >= 15 is 0 Å². The Labute approximate surface area is 555 Å². The Morgan fingerprint density at radius 1 is 0.177 bits per heavy atom. The molecule has 0 spiro atoms. The van der Waals surface area contributed by atoms with Crippen LogP contribution in [0, 0.1) is 0 Å². The third kappa shape index (κ3) is 9.55. The molecule has 0 saturated carbocycles. The maximum absolute atomic E-state index is 6.51. The molecule has 0 aliphatic carbocycles. The highest BCUT2D eigenvalue weighted by Crippen LogP contribution is 2.50. The van der Waals surface area contributed by atoms with Gasteiger partial charge in [-0.2, -0.15) is 0 Å². The molecule has 0 fully saturated rings. The van der Waals surface area contributed by atoms with E-state index in [1.807, 2.05) is 36.5 Å². The highest BCUT2D eigenvalue weighted by atomic mass is 16.3. The van der Waals surface area contributed by atoms with E-state index < -0.39 is 0 Å². The number of hydrogen-bond acceptors (Lipinski definition) is 3. The average molecular weight is 1220 g/mol. The zero-order valence-electron chi connectivity index (χ0n) is 52.3. The molecule has 3 nitrogen and oxygen atoms in total. The van der Waals surface area contributed by atoms with Gasteiger partial charge in [-0.25, -0.2) is 0 Å². The second kappa shape index (κ2) is 23.8. The van der Waals surface area contributed by atoms with Crippen molar-refractivity contribution in [1.29, 1.82) is 0 Å². The molecule has 0 atom stereocenters. The van der Waals surface area contributed by atoms with Crippen LogP contribution >= 0.6 is 0 Å². The zero-order chi connectivity index (χ0) is 63.5. The summed E-state index contributed by atoms with van der Waals surface area (Å²) < 4.78 is 12.8. The molecule has 0 saturated heterocycles. The van der Waals surface area contributed by atoms with E-state index in [9.17, 15) is 0 Å². The molecule has 19 rings (SSSR count). The Morgan fingerprint density at radius 3 is 0.979 bits per heavy atom.